The van der Waals surface area contributed by atoms with E-state index in [1.54, 1.807) is 19.2 Å². The summed E-state index contributed by atoms with van der Waals surface area (Å²) in [6.45, 7) is 1.00. The van der Waals surface area contributed by atoms with Crippen LogP contribution in [0.15, 0.2) is 24.3 Å². The van der Waals surface area contributed by atoms with Crippen molar-refractivity contribution in [2.24, 2.45) is 0 Å². The third-order valence-corrected chi connectivity index (χ3v) is 2.09. The lowest BCUT2D eigenvalue weighted by molar-refractivity contribution is 0.144. The van der Waals surface area contributed by atoms with Crippen molar-refractivity contribution in [3.8, 4) is 5.88 Å². The van der Waals surface area contributed by atoms with Gasteiger partial charge in [-0.05, 0) is 18.2 Å². The van der Waals surface area contributed by atoms with Gasteiger partial charge in [-0.25, -0.2) is 4.98 Å². The molecule has 5 heteroatoms. The summed E-state index contributed by atoms with van der Waals surface area (Å²) in [5.74, 6) is 0.983. The number of hydrogen-bond acceptors (Lipinski definition) is 5. The smallest absolute Gasteiger partial charge is 0.215 e. The first-order valence-electron chi connectivity index (χ1n) is 4.94. The number of hydrogen-bond donors (Lipinski definition) is 1. The van der Waals surface area contributed by atoms with Gasteiger partial charge < -0.3 is 15.2 Å². The SMILES string of the molecule is COCCOc1ccc2ccc(N)nc2n1. The fourth-order valence-electron chi connectivity index (χ4n) is 1.31. The number of rotatable bonds is 4. The third kappa shape index (κ3) is 2.38. The summed E-state index contributed by atoms with van der Waals surface area (Å²) in [4.78, 5) is 8.36. The predicted molar refractivity (Wildman–Crippen MR) is 61.3 cm³/mol. The minimum Gasteiger partial charge on any atom is -0.475 e. The van der Waals surface area contributed by atoms with Gasteiger partial charge in [-0.2, -0.15) is 4.98 Å². The van der Waals surface area contributed by atoms with E-state index in [4.69, 9.17) is 15.2 Å². The van der Waals surface area contributed by atoms with Crippen molar-refractivity contribution in [2.45, 2.75) is 0 Å². The molecule has 0 aliphatic heterocycles. The zero-order chi connectivity index (χ0) is 11.4. The molecule has 0 unspecified atom stereocenters. The molecule has 0 aliphatic rings. The molecule has 16 heavy (non-hydrogen) atoms. The minimum absolute atomic E-state index is 0.453. The lowest BCUT2D eigenvalue weighted by Gasteiger charge is -2.05. The maximum Gasteiger partial charge on any atom is 0.215 e. The van der Waals surface area contributed by atoms with E-state index in [1.807, 2.05) is 12.1 Å². The molecule has 0 saturated carbocycles. The Kier molecular flexibility index (Phi) is 3.16. The predicted octanol–water partition coefficient (Wildman–Crippen LogP) is 1.24. The lowest BCUT2D eigenvalue weighted by Crippen LogP contribution is -2.05. The minimum atomic E-state index is 0.453. The molecule has 5 nitrogen and oxygen atoms in total. The maximum absolute atomic E-state index is 5.58. The van der Waals surface area contributed by atoms with Crippen LogP contribution < -0.4 is 10.5 Å². The first kappa shape index (κ1) is 10.6. The van der Waals surface area contributed by atoms with E-state index in [-0.39, 0.29) is 0 Å². The molecule has 2 rings (SSSR count). The Morgan fingerprint density at radius 3 is 2.75 bits per heavy atom. The van der Waals surface area contributed by atoms with Crippen molar-refractivity contribution < 1.29 is 9.47 Å². The highest BCUT2D eigenvalue weighted by molar-refractivity contribution is 5.76. The van der Waals surface area contributed by atoms with Gasteiger partial charge in [0.15, 0.2) is 5.65 Å². The van der Waals surface area contributed by atoms with Crippen LogP contribution in [0.5, 0.6) is 5.88 Å². The molecule has 0 bridgehead atoms. The van der Waals surface area contributed by atoms with Gasteiger partial charge in [0.2, 0.25) is 5.88 Å². The Labute approximate surface area is 93.2 Å². The molecule has 2 heterocycles. The first-order valence-corrected chi connectivity index (χ1v) is 4.94. The number of nitrogens with two attached hydrogens (primary N) is 1. The van der Waals surface area contributed by atoms with Crippen molar-refractivity contribution in [2.75, 3.05) is 26.1 Å². The van der Waals surface area contributed by atoms with Crippen LogP contribution in [0, 0.1) is 0 Å². The summed E-state index contributed by atoms with van der Waals surface area (Å²) in [6, 6.07) is 7.33. The highest BCUT2D eigenvalue weighted by atomic mass is 16.5. The van der Waals surface area contributed by atoms with Crippen molar-refractivity contribution in [1.82, 2.24) is 9.97 Å². The fourth-order valence-corrected chi connectivity index (χ4v) is 1.31. The Morgan fingerprint density at radius 2 is 1.94 bits per heavy atom. The number of pyridine rings is 2. The van der Waals surface area contributed by atoms with Crippen LogP contribution >= 0.6 is 0 Å². The van der Waals surface area contributed by atoms with Crippen molar-refractivity contribution in [1.29, 1.82) is 0 Å². The highest BCUT2D eigenvalue weighted by Crippen LogP contribution is 2.15. The molecule has 0 aromatic carbocycles. The topological polar surface area (TPSA) is 70.3 Å². The second kappa shape index (κ2) is 4.76. The largest absolute Gasteiger partial charge is 0.475 e. The van der Waals surface area contributed by atoms with Crippen LogP contribution in [-0.2, 0) is 4.74 Å². The van der Waals surface area contributed by atoms with Gasteiger partial charge in [-0.1, -0.05) is 0 Å². The van der Waals surface area contributed by atoms with Crippen LogP contribution in [0.1, 0.15) is 0 Å². The number of methoxy groups -OCH3 is 1. The van der Waals surface area contributed by atoms with Gasteiger partial charge in [0, 0.05) is 18.6 Å². The number of fused-ring (bicyclic) bond motifs is 1. The van der Waals surface area contributed by atoms with Gasteiger partial charge in [-0.3, -0.25) is 0 Å². The van der Waals surface area contributed by atoms with E-state index < -0.39 is 0 Å². The summed E-state index contributed by atoms with van der Waals surface area (Å²) in [5.41, 5.74) is 6.18. The lowest BCUT2D eigenvalue weighted by atomic mass is 10.3. The van der Waals surface area contributed by atoms with Crippen molar-refractivity contribution in [3.05, 3.63) is 24.3 Å². The average Bonchev–Trinajstić information content (AvgIpc) is 2.29. The van der Waals surface area contributed by atoms with Gasteiger partial charge in [0.25, 0.3) is 0 Å². The van der Waals surface area contributed by atoms with Gasteiger partial charge in [-0.15, -0.1) is 0 Å². The third-order valence-electron chi connectivity index (χ3n) is 2.09. The molecule has 0 spiro atoms. The average molecular weight is 219 g/mol. The van der Waals surface area contributed by atoms with Crippen LogP contribution in [0.3, 0.4) is 0 Å². The van der Waals surface area contributed by atoms with Crippen molar-refractivity contribution in [3.63, 3.8) is 0 Å². The van der Waals surface area contributed by atoms with E-state index in [1.165, 1.54) is 0 Å². The summed E-state index contributed by atoms with van der Waals surface area (Å²) in [7, 11) is 1.62. The van der Waals surface area contributed by atoms with Gasteiger partial charge in [0.05, 0.1) is 6.61 Å². The molecule has 2 aromatic rings. The first-order chi connectivity index (χ1) is 7.79. The normalized spacial score (nSPS) is 10.6. The Balaban J connectivity index is 2.21. The van der Waals surface area contributed by atoms with E-state index in [0.29, 0.717) is 30.6 Å². The van der Waals surface area contributed by atoms with E-state index in [0.717, 1.165) is 5.39 Å². The molecule has 0 atom stereocenters. The Bertz CT molecular complexity index is 488. The van der Waals surface area contributed by atoms with Gasteiger partial charge in [0.1, 0.15) is 12.4 Å². The molecule has 2 aromatic heterocycles. The van der Waals surface area contributed by atoms with Crippen LogP contribution in [0.2, 0.25) is 0 Å². The van der Waals surface area contributed by atoms with Crippen molar-refractivity contribution >= 4 is 16.9 Å². The molecule has 0 fully saturated rings. The fraction of sp³-hybridized carbons (Fsp3) is 0.273. The highest BCUT2D eigenvalue weighted by Gasteiger charge is 2.00. The Hall–Kier alpha value is -1.88. The molecule has 84 valence electrons. The number of nitrogens with zero attached hydrogens (tertiary/aromatic N) is 2. The number of aromatic nitrogens is 2. The number of ether oxygens (including phenoxy) is 2. The molecule has 0 radical (unpaired) electrons. The molecule has 2 N–H and O–H groups in total. The van der Waals surface area contributed by atoms with Crippen LogP contribution in [0.25, 0.3) is 11.0 Å². The quantitative estimate of drug-likeness (QED) is 0.783. The second-order valence-electron chi connectivity index (χ2n) is 3.27. The van der Waals surface area contributed by atoms with Crippen LogP contribution in [-0.4, -0.2) is 30.3 Å². The van der Waals surface area contributed by atoms with E-state index in [9.17, 15) is 0 Å². The van der Waals surface area contributed by atoms with Gasteiger partial charge >= 0.3 is 0 Å². The maximum atomic E-state index is 5.58. The van der Waals surface area contributed by atoms with E-state index >= 15 is 0 Å². The Morgan fingerprint density at radius 1 is 1.12 bits per heavy atom. The standard InChI is InChI=1S/C11H13N3O2/c1-15-6-7-16-10-5-3-8-2-4-9(12)13-11(8)14-10/h2-5H,6-7H2,1H3,(H2,12,13,14). The molecule has 0 saturated heterocycles. The van der Waals surface area contributed by atoms with E-state index in [2.05, 4.69) is 9.97 Å². The summed E-state index contributed by atoms with van der Waals surface area (Å²) in [6.07, 6.45) is 0. The zero-order valence-corrected chi connectivity index (χ0v) is 9.01. The van der Waals surface area contributed by atoms with Crippen LogP contribution in [0.4, 0.5) is 5.82 Å². The summed E-state index contributed by atoms with van der Waals surface area (Å²) < 4.78 is 10.3. The summed E-state index contributed by atoms with van der Waals surface area (Å²) >= 11 is 0. The number of anilines is 1. The summed E-state index contributed by atoms with van der Waals surface area (Å²) in [5, 5.41) is 0.938. The monoisotopic (exact) mass is 219 g/mol. The zero-order valence-electron chi connectivity index (χ0n) is 9.01. The molecular weight excluding hydrogens is 206 g/mol. The second-order valence-corrected chi connectivity index (χ2v) is 3.27. The molecular formula is C11H13N3O2. The molecule has 0 amide bonds. The molecule has 0 aliphatic carbocycles. The number of nitrogen functional groups attached to an aromatic ring is 1.